The first kappa shape index (κ1) is 18.1. The average molecular weight is 382 g/mol. The van der Waals surface area contributed by atoms with Crippen LogP contribution in [0.15, 0.2) is 29.8 Å². The molecule has 6 heteroatoms. The normalized spacial score (nSPS) is 16.3. The van der Waals surface area contributed by atoms with Crippen LogP contribution >= 0.6 is 0 Å². The van der Waals surface area contributed by atoms with E-state index in [0.29, 0.717) is 18.4 Å². The van der Waals surface area contributed by atoms with Gasteiger partial charge >= 0.3 is 12.4 Å². The van der Waals surface area contributed by atoms with Crippen molar-refractivity contribution in [1.82, 2.24) is 0 Å². The molecule has 0 saturated carbocycles. The Kier molecular flexibility index (Phi) is 3.95. The van der Waals surface area contributed by atoms with Gasteiger partial charge < -0.3 is 0 Å². The highest BCUT2D eigenvalue weighted by molar-refractivity contribution is 5.82. The van der Waals surface area contributed by atoms with Crippen molar-refractivity contribution < 1.29 is 26.3 Å². The second-order valence-corrected chi connectivity index (χ2v) is 7.27. The zero-order chi connectivity index (χ0) is 19.6. The number of hydrogen-bond acceptors (Lipinski definition) is 0. The smallest absolute Gasteiger partial charge is 0.166 e. The Balaban J connectivity index is 2.01. The summed E-state index contributed by atoms with van der Waals surface area (Å²) in [5, 5.41) is 0. The molecule has 0 spiro atoms. The molecule has 2 aromatic rings. The molecule has 142 valence electrons. The SMILES string of the molecule is CC1=Cc2cc3c(c(-c4cc(C(F)(F)F)cc(C(F)(F)F)c4)c2C1)CCC3. The Morgan fingerprint density at radius 3 is 2.00 bits per heavy atom. The lowest BCUT2D eigenvalue weighted by atomic mass is 9.87. The lowest BCUT2D eigenvalue weighted by Gasteiger charge is -2.19. The van der Waals surface area contributed by atoms with E-state index in [0.717, 1.165) is 52.8 Å². The molecule has 0 N–H and O–H groups in total. The molecule has 0 unspecified atom stereocenters. The van der Waals surface area contributed by atoms with Crippen molar-refractivity contribution >= 4 is 6.08 Å². The van der Waals surface area contributed by atoms with Crippen molar-refractivity contribution in [3.05, 3.63) is 63.2 Å². The van der Waals surface area contributed by atoms with Crippen molar-refractivity contribution in [2.75, 3.05) is 0 Å². The lowest BCUT2D eigenvalue weighted by molar-refractivity contribution is -0.143. The topological polar surface area (TPSA) is 0 Å². The van der Waals surface area contributed by atoms with Crippen LogP contribution in [0.5, 0.6) is 0 Å². The molecule has 0 heterocycles. The van der Waals surface area contributed by atoms with Crippen LogP contribution in [0.4, 0.5) is 26.3 Å². The minimum atomic E-state index is -4.84. The summed E-state index contributed by atoms with van der Waals surface area (Å²) < 4.78 is 79.7. The van der Waals surface area contributed by atoms with Crippen LogP contribution in [-0.4, -0.2) is 0 Å². The summed E-state index contributed by atoms with van der Waals surface area (Å²) >= 11 is 0. The van der Waals surface area contributed by atoms with E-state index in [1.54, 1.807) is 0 Å². The van der Waals surface area contributed by atoms with Gasteiger partial charge in [-0.1, -0.05) is 17.7 Å². The van der Waals surface area contributed by atoms with Crippen molar-refractivity contribution in [3.63, 3.8) is 0 Å². The summed E-state index contributed by atoms with van der Waals surface area (Å²) in [5.41, 5.74) is 2.76. The molecule has 0 fully saturated rings. The predicted molar refractivity (Wildman–Crippen MR) is 91.3 cm³/mol. The van der Waals surface area contributed by atoms with Gasteiger partial charge in [0.25, 0.3) is 0 Å². The molecule has 2 aliphatic rings. The number of allylic oxidation sites excluding steroid dienone is 1. The number of alkyl halides is 6. The maximum Gasteiger partial charge on any atom is 0.416 e. The molecule has 2 aliphatic carbocycles. The fraction of sp³-hybridized carbons (Fsp3) is 0.333. The van der Waals surface area contributed by atoms with E-state index < -0.39 is 23.5 Å². The Morgan fingerprint density at radius 2 is 1.41 bits per heavy atom. The quantitative estimate of drug-likeness (QED) is 0.474. The van der Waals surface area contributed by atoms with E-state index in [1.165, 1.54) is 0 Å². The first-order valence-electron chi connectivity index (χ1n) is 8.68. The van der Waals surface area contributed by atoms with Gasteiger partial charge in [-0.3, -0.25) is 0 Å². The zero-order valence-corrected chi connectivity index (χ0v) is 14.5. The van der Waals surface area contributed by atoms with Gasteiger partial charge in [0.2, 0.25) is 0 Å². The molecule has 0 amide bonds. The van der Waals surface area contributed by atoms with Crippen molar-refractivity contribution in [1.29, 1.82) is 0 Å². The summed E-state index contributed by atoms with van der Waals surface area (Å²) in [6.45, 7) is 1.92. The van der Waals surface area contributed by atoms with Crippen molar-refractivity contribution in [2.45, 2.75) is 45.0 Å². The van der Waals surface area contributed by atoms with Gasteiger partial charge in [-0.05, 0) is 84.2 Å². The summed E-state index contributed by atoms with van der Waals surface area (Å²) in [6.07, 6.45) is -4.83. The predicted octanol–water partition coefficient (Wildman–Crippen LogP) is 6.84. The van der Waals surface area contributed by atoms with Gasteiger partial charge in [-0.25, -0.2) is 0 Å². The van der Waals surface area contributed by atoms with Crippen LogP contribution in [0.1, 0.15) is 46.7 Å². The lowest BCUT2D eigenvalue weighted by Crippen LogP contribution is -2.11. The van der Waals surface area contributed by atoms with Crippen molar-refractivity contribution in [2.24, 2.45) is 0 Å². The maximum atomic E-state index is 13.3. The summed E-state index contributed by atoms with van der Waals surface area (Å²) in [5.74, 6) is 0. The number of benzene rings is 2. The Morgan fingerprint density at radius 1 is 0.778 bits per heavy atom. The monoisotopic (exact) mass is 382 g/mol. The molecular formula is C21H16F6. The molecule has 0 aliphatic heterocycles. The zero-order valence-electron chi connectivity index (χ0n) is 14.5. The molecule has 0 atom stereocenters. The summed E-state index contributed by atoms with van der Waals surface area (Å²) in [7, 11) is 0. The van der Waals surface area contributed by atoms with E-state index in [2.05, 4.69) is 0 Å². The van der Waals surface area contributed by atoms with Crippen LogP contribution in [0.3, 0.4) is 0 Å². The van der Waals surface area contributed by atoms with Crippen LogP contribution in [-0.2, 0) is 31.6 Å². The summed E-state index contributed by atoms with van der Waals surface area (Å²) in [6, 6.07) is 3.94. The standard InChI is InChI=1S/C21H16F6/c1-11-5-13-7-12-3-2-4-17(12)19(18(13)6-11)14-8-15(20(22,23)24)10-16(9-14)21(25,26)27/h5,7-10H,2-4,6H2,1H3. The van der Waals surface area contributed by atoms with Gasteiger partial charge in [-0.2, -0.15) is 26.3 Å². The first-order valence-corrected chi connectivity index (χ1v) is 8.68. The Bertz CT molecular complexity index is 928. The fourth-order valence-corrected chi connectivity index (χ4v) is 4.18. The number of fused-ring (bicyclic) bond motifs is 2. The van der Waals surface area contributed by atoms with E-state index in [1.807, 2.05) is 19.1 Å². The van der Waals surface area contributed by atoms with Crippen LogP contribution in [0.25, 0.3) is 17.2 Å². The Labute approximate surface area is 152 Å². The van der Waals surface area contributed by atoms with Crippen LogP contribution < -0.4 is 0 Å². The largest absolute Gasteiger partial charge is 0.416 e. The molecule has 0 bridgehead atoms. The van der Waals surface area contributed by atoms with Gasteiger partial charge in [0, 0.05) is 0 Å². The van der Waals surface area contributed by atoms with Gasteiger partial charge in [-0.15, -0.1) is 0 Å². The minimum absolute atomic E-state index is 0.00949. The molecule has 0 radical (unpaired) electrons. The second kappa shape index (κ2) is 5.88. The highest BCUT2D eigenvalue weighted by Gasteiger charge is 2.37. The maximum absolute atomic E-state index is 13.3. The van der Waals surface area contributed by atoms with Crippen molar-refractivity contribution in [3.8, 4) is 11.1 Å². The summed E-state index contributed by atoms with van der Waals surface area (Å²) in [4.78, 5) is 0. The highest BCUT2D eigenvalue weighted by atomic mass is 19.4. The van der Waals surface area contributed by atoms with Gasteiger partial charge in [0.1, 0.15) is 0 Å². The fourth-order valence-electron chi connectivity index (χ4n) is 4.18. The van der Waals surface area contributed by atoms with Crippen LogP contribution in [0.2, 0.25) is 0 Å². The molecule has 0 aromatic heterocycles. The molecule has 4 rings (SSSR count). The van der Waals surface area contributed by atoms with Gasteiger partial charge in [0.05, 0.1) is 11.1 Å². The van der Waals surface area contributed by atoms with E-state index in [9.17, 15) is 26.3 Å². The number of hydrogen-bond donors (Lipinski definition) is 0. The van der Waals surface area contributed by atoms with E-state index in [4.69, 9.17) is 0 Å². The number of aryl methyl sites for hydroxylation is 1. The number of rotatable bonds is 1. The Hall–Kier alpha value is -2.24. The molecule has 0 nitrogen and oxygen atoms in total. The van der Waals surface area contributed by atoms with Gasteiger partial charge in [0.15, 0.2) is 0 Å². The molecule has 2 aromatic carbocycles. The van der Waals surface area contributed by atoms with E-state index in [-0.39, 0.29) is 11.6 Å². The third kappa shape index (κ3) is 3.15. The molecule has 0 saturated heterocycles. The average Bonchev–Trinajstić information content (AvgIpc) is 3.15. The van der Waals surface area contributed by atoms with E-state index >= 15 is 0 Å². The molecule has 27 heavy (non-hydrogen) atoms. The number of halogens is 6. The third-order valence-corrected chi connectivity index (χ3v) is 5.28. The first-order chi connectivity index (χ1) is 12.5. The second-order valence-electron chi connectivity index (χ2n) is 7.27. The highest BCUT2D eigenvalue weighted by Crippen LogP contribution is 2.45. The third-order valence-electron chi connectivity index (χ3n) is 5.28. The molecular weight excluding hydrogens is 366 g/mol. The van der Waals surface area contributed by atoms with Crippen LogP contribution in [0, 0.1) is 0 Å². The minimum Gasteiger partial charge on any atom is -0.166 e.